The lowest BCUT2D eigenvalue weighted by Gasteiger charge is -2.55. The van der Waals surface area contributed by atoms with Crippen molar-refractivity contribution < 1.29 is 9.90 Å². The molecule has 1 heterocycles. The first-order valence-electron chi connectivity index (χ1n) is 7.90. The largest absolute Gasteiger partial charge is 0.465 e. The van der Waals surface area contributed by atoms with E-state index in [1.807, 2.05) is 0 Å². The SMILES string of the molecule is CN1C(C)(C)CC(N(C(=O)O)C2CCCC2)CC1(C)C. The smallest absolute Gasteiger partial charge is 0.407 e. The normalized spacial score (nSPS) is 27.6. The molecule has 0 atom stereocenters. The van der Waals surface area contributed by atoms with E-state index in [4.69, 9.17) is 0 Å². The van der Waals surface area contributed by atoms with Crippen molar-refractivity contribution in [1.82, 2.24) is 9.80 Å². The lowest BCUT2D eigenvalue weighted by Crippen LogP contribution is -2.64. The van der Waals surface area contributed by atoms with Crippen LogP contribution in [0.5, 0.6) is 0 Å². The van der Waals surface area contributed by atoms with E-state index in [0.717, 1.165) is 25.7 Å². The van der Waals surface area contributed by atoms with Gasteiger partial charge in [-0.25, -0.2) is 4.79 Å². The third-order valence-corrected chi connectivity index (χ3v) is 5.62. The van der Waals surface area contributed by atoms with Crippen LogP contribution in [0.25, 0.3) is 0 Å². The lowest BCUT2D eigenvalue weighted by atomic mass is 9.76. The van der Waals surface area contributed by atoms with Crippen molar-refractivity contribution in [2.45, 2.75) is 89.4 Å². The Morgan fingerprint density at radius 2 is 1.50 bits per heavy atom. The summed E-state index contributed by atoms with van der Waals surface area (Å²) in [5.41, 5.74) is 0.0808. The van der Waals surface area contributed by atoms with Gasteiger partial charge in [0, 0.05) is 23.2 Å². The molecule has 2 rings (SSSR count). The summed E-state index contributed by atoms with van der Waals surface area (Å²) in [5, 5.41) is 9.70. The Morgan fingerprint density at radius 3 is 1.90 bits per heavy atom. The molecule has 0 aromatic heterocycles. The summed E-state index contributed by atoms with van der Waals surface area (Å²) in [7, 11) is 2.16. The molecule has 0 radical (unpaired) electrons. The van der Waals surface area contributed by atoms with Crippen molar-refractivity contribution in [2.24, 2.45) is 0 Å². The Morgan fingerprint density at radius 1 is 1.05 bits per heavy atom. The third-order valence-electron chi connectivity index (χ3n) is 5.62. The minimum absolute atomic E-state index is 0.0404. The highest BCUT2D eigenvalue weighted by molar-refractivity contribution is 5.66. The van der Waals surface area contributed by atoms with Crippen LogP contribution in [-0.2, 0) is 0 Å². The van der Waals surface area contributed by atoms with Gasteiger partial charge >= 0.3 is 6.09 Å². The van der Waals surface area contributed by atoms with Gasteiger partial charge in [0.25, 0.3) is 0 Å². The van der Waals surface area contributed by atoms with E-state index in [-0.39, 0.29) is 23.2 Å². The molecule has 2 fully saturated rings. The number of piperidine rings is 1. The number of hydrogen-bond acceptors (Lipinski definition) is 2. The molecule has 0 unspecified atom stereocenters. The van der Waals surface area contributed by atoms with Gasteiger partial charge in [0.15, 0.2) is 0 Å². The molecule has 0 aromatic rings. The van der Waals surface area contributed by atoms with E-state index in [2.05, 4.69) is 39.6 Å². The minimum Gasteiger partial charge on any atom is -0.465 e. The number of likely N-dealkylation sites (tertiary alicyclic amines) is 1. The molecule has 1 aliphatic carbocycles. The van der Waals surface area contributed by atoms with Gasteiger partial charge in [-0.3, -0.25) is 4.90 Å². The Balaban J connectivity index is 2.23. The van der Waals surface area contributed by atoms with Crippen LogP contribution in [0, 0.1) is 0 Å². The van der Waals surface area contributed by atoms with E-state index < -0.39 is 6.09 Å². The van der Waals surface area contributed by atoms with Crippen molar-refractivity contribution in [3.8, 4) is 0 Å². The molecular formula is C16H30N2O2. The fraction of sp³-hybridized carbons (Fsp3) is 0.938. The predicted molar refractivity (Wildman–Crippen MR) is 81.1 cm³/mol. The Bertz CT molecular complexity index is 355. The quantitative estimate of drug-likeness (QED) is 0.842. The molecule has 0 aromatic carbocycles. The number of carbonyl (C=O) groups is 1. The Kier molecular flexibility index (Phi) is 4.07. The van der Waals surface area contributed by atoms with Gasteiger partial charge in [0.2, 0.25) is 0 Å². The van der Waals surface area contributed by atoms with Crippen LogP contribution in [0.15, 0.2) is 0 Å². The lowest BCUT2D eigenvalue weighted by molar-refractivity contribution is -0.0497. The zero-order valence-corrected chi connectivity index (χ0v) is 13.6. The van der Waals surface area contributed by atoms with Crippen molar-refractivity contribution in [2.75, 3.05) is 7.05 Å². The van der Waals surface area contributed by atoms with Gasteiger partial charge in [-0.2, -0.15) is 0 Å². The summed E-state index contributed by atoms with van der Waals surface area (Å²) in [6.07, 6.45) is 5.56. The van der Waals surface area contributed by atoms with Crippen LogP contribution in [-0.4, -0.2) is 51.2 Å². The van der Waals surface area contributed by atoms with E-state index in [9.17, 15) is 9.90 Å². The van der Waals surface area contributed by atoms with Gasteiger partial charge in [-0.05, 0) is 60.4 Å². The average molecular weight is 282 g/mol. The van der Waals surface area contributed by atoms with Crippen molar-refractivity contribution in [3.63, 3.8) is 0 Å². The molecule has 116 valence electrons. The van der Waals surface area contributed by atoms with Crippen molar-refractivity contribution >= 4 is 6.09 Å². The Hall–Kier alpha value is -0.770. The monoisotopic (exact) mass is 282 g/mol. The van der Waals surface area contributed by atoms with Gasteiger partial charge in [-0.15, -0.1) is 0 Å². The number of rotatable bonds is 2. The first-order valence-corrected chi connectivity index (χ1v) is 7.90. The maximum atomic E-state index is 11.8. The second kappa shape index (κ2) is 5.21. The van der Waals surface area contributed by atoms with E-state index >= 15 is 0 Å². The van der Waals surface area contributed by atoms with Gasteiger partial charge in [-0.1, -0.05) is 12.8 Å². The molecule has 2 aliphatic rings. The fourth-order valence-corrected chi connectivity index (χ4v) is 4.31. The van der Waals surface area contributed by atoms with Crippen LogP contribution in [0.3, 0.4) is 0 Å². The molecule has 0 bridgehead atoms. The molecule has 1 N–H and O–H groups in total. The van der Waals surface area contributed by atoms with Crippen LogP contribution >= 0.6 is 0 Å². The molecule has 20 heavy (non-hydrogen) atoms. The molecular weight excluding hydrogens is 252 g/mol. The fourth-order valence-electron chi connectivity index (χ4n) is 4.31. The minimum atomic E-state index is -0.724. The summed E-state index contributed by atoms with van der Waals surface area (Å²) >= 11 is 0. The number of amides is 1. The Labute approximate surface area is 123 Å². The van der Waals surface area contributed by atoms with Crippen LogP contribution in [0.2, 0.25) is 0 Å². The first kappa shape index (κ1) is 15.6. The van der Waals surface area contributed by atoms with E-state index in [1.165, 1.54) is 12.8 Å². The van der Waals surface area contributed by atoms with Crippen molar-refractivity contribution in [1.29, 1.82) is 0 Å². The molecule has 1 saturated carbocycles. The number of carboxylic acid groups (broad SMARTS) is 1. The zero-order valence-electron chi connectivity index (χ0n) is 13.6. The molecule has 1 amide bonds. The molecule has 0 spiro atoms. The van der Waals surface area contributed by atoms with E-state index in [0.29, 0.717) is 0 Å². The maximum absolute atomic E-state index is 11.8. The third kappa shape index (κ3) is 2.80. The molecule has 1 saturated heterocycles. The number of nitrogens with zero attached hydrogens (tertiary/aromatic N) is 2. The summed E-state index contributed by atoms with van der Waals surface area (Å²) in [4.78, 5) is 16.0. The van der Waals surface area contributed by atoms with Crippen LogP contribution in [0.1, 0.15) is 66.2 Å². The van der Waals surface area contributed by atoms with Crippen LogP contribution < -0.4 is 0 Å². The molecule has 1 aliphatic heterocycles. The summed E-state index contributed by atoms with van der Waals surface area (Å²) < 4.78 is 0. The van der Waals surface area contributed by atoms with Crippen LogP contribution in [0.4, 0.5) is 4.79 Å². The average Bonchev–Trinajstić information content (AvgIpc) is 2.78. The highest BCUT2D eigenvalue weighted by Crippen LogP contribution is 2.40. The summed E-state index contributed by atoms with van der Waals surface area (Å²) in [6, 6.07) is 0.393. The van der Waals surface area contributed by atoms with Gasteiger partial charge < -0.3 is 10.0 Å². The maximum Gasteiger partial charge on any atom is 0.407 e. The van der Waals surface area contributed by atoms with Gasteiger partial charge in [0.1, 0.15) is 0 Å². The standard InChI is InChI=1S/C16H30N2O2/c1-15(2)10-13(11-16(3,4)17(15)5)18(14(19)20)12-8-6-7-9-12/h12-13H,6-11H2,1-5H3,(H,19,20). The van der Waals surface area contributed by atoms with E-state index in [1.54, 1.807) is 4.90 Å². The topological polar surface area (TPSA) is 43.8 Å². The van der Waals surface area contributed by atoms with Gasteiger partial charge in [0.05, 0.1) is 0 Å². The highest BCUT2D eigenvalue weighted by atomic mass is 16.4. The predicted octanol–water partition coefficient (Wildman–Crippen LogP) is 3.56. The summed E-state index contributed by atoms with van der Waals surface area (Å²) in [6.45, 7) is 8.93. The van der Waals surface area contributed by atoms with Crippen molar-refractivity contribution in [3.05, 3.63) is 0 Å². The highest BCUT2D eigenvalue weighted by Gasteiger charge is 2.47. The zero-order chi connectivity index (χ0) is 15.1. The number of hydrogen-bond donors (Lipinski definition) is 1. The summed E-state index contributed by atoms with van der Waals surface area (Å²) in [5.74, 6) is 0. The second-order valence-corrected chi connectivity index (χ2v) is 7.87. The molecule has 4 heteroatoms. The first-order chi connectivity index (χ1) is 9.15. The molecule has 4 nitrogen and oxygen atoms in total. The second-order valence-electron chi connectivity index (χ2n) is 7.87.